The van der Waals surface area contributed by atoms with E-state index in [9.17, 15) is 4.79 Å². The van der Waals surface area contributed by atoms with Gasteiger partial charge in [-0.15, -0.1) is 11.3 Å². The highest BCUT2D eigenvalue weighted by Gasteiger charge is 2.17. The van der Waals surface area contributed by atoms with E-state index in [0.717, 1.165) is 5.00 Å². The van der Waals surface area contributed by atoms with Crippen LogP contribution in [0.25, 0.3) is 0 Å². The van der Waals surface area contributed by atoms with Crippen LogP contribution in [0.1, 0.15) is 6.92 Å². The molecule has 0 aliphatic carbocycles. The summed E-state index contributed by atoms with van der Waals surface area (Å²) in [5.74, 6) is -0.800. The summed E-state index contributed by atoms with van der Waals surface area (Å²) in [7, 11) is 1.78. The number of rotatable bonds is 3. The van der Waals surface area contributed by atoms with Crippen LogP contribution in [0.4, 0.5) is 5.00 Å². The standard InChI is InChI=1S/C8H11NO2S/c1-6(8(10)11)9(2)7-4-3-5-12-7/h3-6H,1-2H3,(H,10,11)/t6-/m1/s1. The summed E-state index contributed by atoms with van der Waals surface area (Å²) in [5, 5.41) is 11.6. The van der Waals surface area contributed by atoms with E-state index in [-0.39, 0.29) is 0 Å². The van der Waals surface area contributed by atoms with Gasteiger partial charge < -0.3 is 10.0 Å². The summed E-state index contributed by atoms with van der Waals surface area (Å²) < 4.78 is 0. The van der Waals surface area contributed by atoms with E-state index >= 15 is 0 Å². The molecule has 0 fully saturated rings. The molecule has 1 rings (SSSR count). The number of hydrogen-bond acceptors (Lipinski definition) is 3. The Bertz CT molecular complexity index is 258. The van der Waals surface area contributed by atoms with Crippen LogP contribution in [0.5, 0.6) is 0 Å². The molecule has 1 aromatic rings. The van der Waals surface area contributed by atoms with Gasteiger partial charge in [-0.3, -0.25) is 0 Å². The van der Waals surface area contributed by atoms with Crippen molar-refractivity contribution in [2.45, 2.75) is 13.0 Å². The summed E-state index contributed by atoms with van der Waals surface area (Å²) >= 11 is 1.54. The molecule has 0 amide bonds. The Morgan fingerprint density at radius 2 is 2.42 bits per heavy atom. The number of thiophene rings is 1. The van der Waals surface area contributed by atoms with Gasteiger partial charge in [-0.2, -0.15) is 0 Å². The molecule has 1 aromatic heterocycles. The minimum absolute atomic E-state index is 0.469. The Kier molecular flexibility index (Phi) is 2.70. The Morgan fingerprint density at radius 1 is 1.75 bits per heavy atom. The lowest BCUT2D eigenvalue weighted by atomic mass is 10.3. The van der Waals surface area contributed by atoms with Crippen LogP contribution < -0.4 is 4.90 Å². The Balaban J connectivity index is 2.71. The number of aliphatic carboxylic acids is 1. The fourth-order valence-corrected chi connectivity index (χ4v) is 1.61. The quantitative estimate of drug-likeness (QED) is 0.778. The van der Waals surface area contributed by atoms with Crippen molar-refractivity contribution in [2.75, 3.05) is 11.9 Å². The Hall–Kier alpha value is -1.03. The lowest BCUT2D eigenvalue weighted by Crippen LogP contribution is -2.35. The third-order valence-corrected chi connectivity index (χ3v) is 2.75. The largest absolute Gasteiger partial charge is 0.480 e. The highest BCUT2D eigenvalue weighted by molar-refractivity contribution is 7.14. The Morgan fingerprint density at radius 3 is 2.83 bits per heavy atom. The molecule has 1 N–H and O–H groups in total. The number of hydrogen-bond donors (Lipinski definition) is 1. The first-order chi connectivity index (χ1) is 5.63. The van der Waals surface area contributed by atoms with E-state index in [0.29, 0.717) is 0 Å². The molecule has 12 heavy (non-hydrogen) atoms. The second kappa shape index (κ2) is 3.58. The molecule has 0 aliphatic heterocycles. The molecule has 0 radical (unpaired) electrons. The van der Waals surface area contributed by atoms with Crippen LogP contribution in [0.3, 0.4) is 0 Å². The highest BCUT2D eigenvalue weighted by atomic mass is 32.1. The van der Waals surface area contributed by atoms with Gasteiger partial charge in [0.05, 0.1) is 5.00 Å². The second-order valence-electron chi connectivity index (χ2n) is 2.58. The predicted octanol–water partition coefficient (Wildman–Crippen LogP) is 1.66. The smallest absolute Gasteiger partial charge is 0.326 e. The van der Waals surface area contributed by atoms with Gasteiger partial charge in [-0.1, -0.05) is 0 Å². The maximum absolute atomic E-state index is 10.6. The lowest BCUT2D eigenvalue weighted by molar-refractivity contribution is -0.138. The first kappa shape index (κ1) is 9.06. The fourth-order valence-electron chi connectivity index (χ4n) is 0.827. The molecule has 0 saturated carbocycles. The molecule has 1 heterocycles. The van der Waals surface area contributed by atoms with Crippen molar-refractivity contribution >= 4 is 22.3 Å². The number of anilines is 1. The van der Waals surface area contributed by atoms with E-state index in [4.69, 9.17) is 5.11 Å². The summed E-state index contributed by atoms with van der Waals surface area (Å²) in [6.07, 6.45) is 0. The van der Waals surface area contributed by atoms with Crippen LogP contribution >= 0.6 is 11.3 Å². The maximum atomic E-state index is 10.6. The fraction of sp³-hybridized carbons (Fsp3) is 0.375. The van der Waals surface area contributed by atoms with Gasteiger partial charge in [-0.25, -0.2) is 4.79 Å². The van der Waals surface area contributed by atoms with E-state index in [2.05, 4.69) is 0 Å². The number of carboxylic acid groups (broad SMARTS) is 1. The normalized spacial score (nSPS) is 12.5. The summed E-state index contributed by atoms with van der Waals surface area (Å²) in [5.41, 5.74) is 0. The molecular formula is C8H11NO2S. The van der Waals surface area contributed by atoms with Crippen molar-refractivity contribution in [3.63, 3.8) is 0 Å². The molecule has 0 aliphatic rings. The summed E-state index contributed by atoms with van der Waals surface area (Å²) in [6.45, 7) is 1.67. The van der Waals surface area contributed by atoms with Crippen molar-refractivity contribution in [1.82, 2.24) is 0 Å². The van der Waals surface area contributed by atoms with Crippen molar-refractivity contribution < 1.29 is 9.90 Å². The number of likely N-dealkylation sites (N-methyl/N-ethyl adjacent to an activating group) is 1. The minimum Gasteiger partial charge on any atom is -0.480 e. The first-order valence-electron chi connectivity index (χ1n) is 3.62. The van der Waals surface area contributed by atoms with Gasteiger partial charge in [-0.05, 0) is 24.4 Å². The van der Waals surface area contributed by atoms with Gasteiger partial charge in [0.1, 0.15) is 6.04 Å². The molecule has 0 spiro atoms. The SMILES string of the molecule is C[C@H](C(=O)O)N(C)c1cccs1. The summed E-state index contributed by atoms with van der Waals surface area (Å²) in [6, 6.07) is 3.35. The number of carboxylic acids is 1. The van der Waals surface area contributed by atoms with Crippen molar-refractivity contribution in [2.24, 2.45) is 0 Å². The maximum Gasteiger partial charge on any atom is 0.326 e. The topological polar surface area (TPSA) is 40.5 Å². The molecule has 1 atom stereocenters. The van der Waals surface area contributed by atoms with Crippen molar-refractivity contribution in [3.05, 3.63) is 17.5 Å². The molecule has 4 heteroatoms. The van der Waals surface area contributed by atoms with E-state index in [1.165, 1.54) is 11.3 Å². The van der Waals surface area contributed by atoms with Crippen LogP contribution in [-0.2, 0) is 4.79 Å². The first-order valence-corrected chi connectivity index (χ1v) is 4.50. The molecule has 3 nitrogen and oxygen atoms in total. The van der Waals surface area contributed by atoms with E-state index in [1.54, 1.807) is 18.9 Å². The molecule has 66 valence electrons. The van der Waals surface area contributed by atoms with Crippen LogP contribution in [0.2, 0.25) is 0 Å². The molecule has 0 unspecified atom stereocenters. The van der Waals surface area contributed by atoms with Gasteiger partial charge in [0.15, 0.2) is 0 Å². The summed E-state index contributed by atoms with van der Waals surface area (Å²) in [4.78, 5) is 12.3. The minimum atomic E-state index is -0.800. The zero-order valence-corrected chi connectivity index (χ0v) is 7.84. The molecular weight excluding hydrogens is 174 g/mol. The third kappa shape index (κ3) is 1.76. The molecule has 0 aromatic carbocycles. The average molecular weight is 185 g/mol. The zero-order valence-electron chi connectivity index (χ0n) is 7.02. The van der Waals surface area contributed by atoms with Crippen LogP contribution in [0.15, 0.2) is 17.5 Å². The van der Waals surface area contributed by atoms with Crippen LogP contribution in [-0.4, -0.2) is 24.2 Å². The van der Waals surface area contributed by atoms with Crippen molar-refractivity contribution in [1.29, 1.82) is 0 Å². The highest BCUT2D eigenvalue weighted by Crippen LogP contribution is 2.21. The molecule has 0 bridgehead atoms. The second-order valence-corrected chi connectivity index (χ2v) is 3.50. The van der Waals surface area contributed by atoms with Gasteiger partial charge in [0, 0.05) is 7.05 Å². The van der Waals surface area contributed by atoms with Gasteiger partial charge >= 0.3 is 5.97 Å². The van der Waals surface area contributed by atoms with E-state index in [1.807, 2.05) is 17.5 Å². The molecule has 0 saturated heterocycles. The Labute approximate surface area is 75.2 Å². The number of nitrogens with zero attached hydrogens (tertiary/aromatic N) is 1. The zero-order chi connectivity index (χ0) is 9.14. The number of carbonyl (C=O) groups is 1. The lowest BCUT2D eigenvalue weighted by Gasteiger charge is -2.21. The predicted molar refractivity (Wildman–Crippen MR) is 49.8 cm³/mol. The van der Waals surface area contributed by atoms with Gasteiger partial charge in [0.2, 0.25) is 0 Å². The monoisotopic (exact) mass is 185 g/mol. The van der Waals surface area contributed by atoms with Crippen LogP contribution in [0, 0.1) is 0 Å². The van der Waals surface area contributed by atoms with Crippen molar-refractivity contribution in [3.8, 4) is 0 Å². The van der Waals surface area contributed by atoms with E-state index < -0.39 is 12.0 Å². The third-order valence-electron chi connectivity index (χ3n) is 1.79. The van der Waals surface area contributed by atoms with Gasteiger partial charge in [0.25, 0.3) is 0 Å². The average Bonchev–Trinajstić information content (AvgIpc) is 2.53.